The van der Waals surface area contributed by atoms with E-state index in [2.05, 4.69) is 27.0 Å². The van der Waals surface area contributed by atoms with Crippen molar-refractivity contribution < 1.29 is 4.79 Å². The fraction of sp³-hybridized carbons (Fsp3) is 0.200. The van der Waals surface area contributed by atoms with Gasteiger partial charge in [-0.25, -0.2) is 4.98 Å². The van der Waals surface area contributed by atoms with Gasteiger partial charge in [0.25, 0.3) is 5.91 Å². The average Bonchev–Trinajstić information content (AvgIpc) is 2.46. The molecule has 19 heavy (non-hydrogen) atoms. The van der Waals surface area contributed by atoms with Gasteiger partial charge in [-0.15, -0.1) is 0 Å². The predicted octanol–water partition coefficient (Wildman–Crippen LogP) is 3.44. The number of rotatable bonds is 1. The van der Waals surface area contributed by atoms with Gasteiger partial charge >= 0.3 is 0 Å². The number of fused-ring (bicyclic) bond motifs is 1. The Morgan fingerprint density at radius 3 is 2.84 bits per heavy atom. The third-order valence-electron chi connectivity index (χ3n) is 3.29. The summed E-state index contributed by atoms with van der Waals surface area (Å²) in [6, 6.07) is 13.5. The van der Waals surface area contributed by atoms with E-state index in [0.717, 1.165) is 25.1 Å². The van der Waals surface area contributed by atoms with Crippen LogP contribution in [-0.2, 0) is 6.42 Å². The van der Waals surface area contributed by atoms with Crippen molar-refractivity contribution in [1.82, 2.24) is 4.98 Å². The fourth-order valence-corrected chi connectivity index (χ4v) is 2.75. The maximum Gasteiger partial charge on any atom is 0.276 e. The Morgan fingerprint density at radius 1 is 1.16 bits per heavy atom. The number of benzene rings is 1. The van der Waals surface area contributed by atoms with Gasteiger partial charge in [-0.2, -0.15) is 0 Å². The van der Waals surface area contributed by atoms with E-state index in [0.29, 0.717) is 10.3 Å². The maximum atomic E-state index is 12.6. The minimum absolute atomic E-state index is 0.0338. The van der Waals surface area contributed by atoms with Crippen molar-refractivity contribution in [2.24, 2.45) is 0 Å². The van der Waals surface area contributed by atoms with Crippen molar-refractivity contribution in [3.8, 4) is 0 Å². The lowest BCUT2D eigenvalue weighted by Gasteiger charge is -2.29. The third-order valence-corrected chi connectivity index (χ3v) is 3.73. The molecule has 1 amide bonds. The van der Waals surface area contributed by atoms with Crippen LogP contribution < -0.4 is 4.90 Å². The number of carbonyl (C=O) groups is 1. The zero-order chi connectivity index (χ0) is 13.2. The molecule has 0 aliphatic carbocycles. The zero-order valence-corrected chi connectivity index (χ0v) is 11.9. The lowest BCUT2D eigenvalue weighted by Crippen LogP contribution is -2.35. The van der Waals surface area contributed by atoms with E-state index in [4.69, 9.17) is 0 Å². The van der Waals surface area contributed by atoms with Gasteiger partial charge in [-0.05, 0) is 52.5 Å². The first-order valence-electron chi connectivity index (χ1n) is 6.28. The number of hydrogen-bond donors (Lipinski definition) is 0. The molecule has 1 aromatic heterocycles. The lowest BCUT2D eigenvalue weighted by molar-refractivity contribution is 0.0980. The normalized spacial score (nSPS) is 14.1. The molecule has 0 saturated carbocycles. The summed E-state index contributed by atoms with van der Waals surface area (Å²) in [5, 5.41) is 0. The quantitative estimate of drug-likeness (QED) is 0.755. The Bertz CT molecular complexity index is 627. The van der Waals surface area contributed by atoms with Gasteiger partial charge in [-0.1, -0.05) is 24.3 Å². The number of hydrogen-bond acceptors (Lipinski definition) is 2. The highest BCUT2D eigenvalue weighted by molar-refractivity contribution is 9.10. The summed E-state index contributed by atoms with van der Waals surface area (Å²) in [5.41, 5.74) is 2.73. The second-order valence-electron chi connectivity index (χ2n) is 4.53. The van der Waals surface area contributed by atoms with Gasteiger partial charge in [0.1, 0.15) is 10.3 Å². The predicted molar refractivity (Wildman–Crippen MR) is 78.4 cm³/mol. The summed E-state index contributed by atoms with van der Waals surface area (Å²) < 4.78 is 0.684. The number of aryl methyl sites for hydroxylation is 1. The molecule has 0 bridgehead atoms. The summed E-state index contributed by atoms with van der Waals surface area (Å²) in [7, 11) is 0. The number of para-hydroxylation sites is 1. The van der Waals surface area contributed by atoms with E-state index in [9.17, 15) is 4.79 Å². The number of carbonyl (C=O) groups excluding carboxylic acids is 1. The molecule has 2 aromatic rings. The molecule has 1 aliphatic heterocycles. The van der Waals surface area contributed by atoms with E-state index in [1.807, 2.05) is 35.2 Å². The first-order chi connectivity index (χ1) is 9.25. The van der Waals surface area contributed by atoms with Crippen LogP contribution in [0.1, 0.15) is 22.5 Å². The standard InChI is InChI=1S/C15H13BrN2O/c16-14-9-3-7-12(17-14)15(19)18-10-4-6-11-5-1-2-8-13(11)18/h1-3,5,7-9H,4,6,10H2. The van der Waals surface area contributed by atoms with Crippen LogP contribution in [0.5, 0.6) is 0 Å². The molecule has 0 radical (unpaired) electrons. The van der Waals surface area contributed by atoms with Crippen LogP contribution >= 0.6 is 15.9 Å². The summed E-state index contributed by atoms with van der Waals surface area (Å²) in [6.45, 7) is 0.754. The molecular weight excluding hydrogens is 304 g/mol. The van der Waals surface area contributed by atoms with Gasteiger partial charge in [0, 0.05) is 12.2 Å². The highest BCUT2D eigenvalue weighted by Crippen LogP contribution is 2.27. The fourth-order valence-electron chi connectivity index (χ4n) is 2.41. The van der Waals surface area contributed by atoms with E-state index in [1.54, 1.807) is 6.07 Å². The summed E-state index contributed by atoms with van der Waals surface area (Å²) in [5.74, 6) is -0.0338. The van der Waals surface area contributed by atoms with E-state index in [-0.39, 0.29) is 5.91 Å². The van der Waals surface area contributed by atoms with Crippen molar-refractivity contribution in [3.63, 3.8) is 0 Å². The molecule has 1 aromatic carbocycles. The Kier molecular flexibility index (Phi) is 3.34. The number of aromatic nitrogens is 1. The molecule has 1 aliphatic rings. The van der Waals surface area contributed by atoms with Crippen molar-refractivity contribution >= 4 is 27.5 Å². The molecule has 0 atom stereocenters. The zero-order valence-electron chi connectivity index (χ0n) is 10.3. The smallest absolute Gasteiger partial charge is 0.276 e. The molecular formula is C15H13BrN2O. The van der Waals surface area contributed by atoms with Crippen molar-refractivity contribution in [1.29, 1.82) is 0 Å². The molecule has 3 rings (SSSR count). The van der Waals surface area contributed by atoms with Crippen LogP contribution in [-0.4, -0.2) is 17.4 Å². The summed E-state index contributed by atoms with van der Waals surface area (Å²) >= 11 is 3.30. The van der Waals surface area contributed by atoms with Gasteiger partial charge < -0.3 is 4.90 Å². The minimum atomic E-state index is -0.0338. The third kappa shape index (κ3) is 2.40. The van der Waals surface area contributed by atoms with Gasteiger partial charge in [0.05, 0.1) is 0 Å². The van der Waals surface area contributed by atoms with Gasteiger partial charge in [0.15, 0.2) is 0 Å². The van der Waals surface area contributed by atoms with Crippen molar-refractivity contribution in [2.75, 3.05) is 11.4 Å². The SMILES string of the molecule is O=C(c1cccc(Br)n1)N1CCCc2ccccc21. The number of pyridine rings is 1. The largest absolute Gasteiger partial charge is 0.307 e. The van der Waals surface area contributed by atoms with Crippen LogP contribution in [0.4, 0.5) is 5.69 Å². The first-order valence-corrected chi connectivity index (χ1v) is 7.07. The average molecular weight is 317 g/mol. The van der Waals surface area contributed by atoms with Crippen molar-refractivity contribution in [2.45, 2.75) is 12.8 Å². The molecule has 96 valence electrons. The van der Waals surface area contributed by atoms with E-state index < -0.39 is 0 Å². The van der Waals surface area contributed by atoms with E-state index >= 15 is 0 Å². The van der Waals surface area contributed by atoms with Crippen molar-refractivity contribution in [3.05, 3.63) is 58.3 Å². The molecule has 0 unspecified atom stereocenters. The Morgan fingerprint density at radius 2 is 2.00 bits per heavy atom. The monoisotopic (exact) mass is 316 g/mol. The molecule has 0 N–H and O–H groups in total. The second-order valence-corrected chi connectivity index (χ2v) is 5.35. The van der Waals surface area contributed by atoms with Crippen LogP contribution in [0.3, 0.4) is 0 Å². The molecule has 2 heterocycles. The topological polar surface area (TPSA) is 33.2 Å². The Labute approximate surface area is 120 Å². The number of halogens is 1. The molecule has 0 saturated heterocycles. The molecule has 3 nitrogen and oxygen atoms in total. The number of anilines is 1. The van der Waals surface area contributed by atoms with Crippen LogP contribution in [0.25, 0.3) is 0 Å². The van der Waals surface area contributed by atoms with Crippen LogP contribution in [0, 0.1) is 0 Å². The van der Waals surface area contributed by atoms with E-state index in [1.165, 1.54) is 5.56 Å². The maximum absolute atomic E-state index is 12.6. The number of nitrogens with zero attached hydrogens (tertiary/aromatic N) is 2. The number of amides is 1. The molecule has 0 spiro atoms. The van der Waals surface area contributed by atoms with Crippen LogP contribution in [0.15, 0.2) is 47.1 Å². The summed E-state index contributed by atoms with van der Waals surface area (Å²) in [4.78, 5) is 18.6. The highest BCUT2D eigenvalue weighted by Gasteiger charge is 2.23. The summed E-state index contributed by atoms with van der Waals surface area (Å²) in [6.07, 6.45) is 2.03. The molecule has 4 heteroatoms. The van der Waals surface area contributed by atoms with Gasteiger partial charge in [0.2, 0.25) is 0 Å². The second kappa shape index (κ2) is 5.13. The van der Waals surface area contributed by atoms with Gasteiger partial charge in [-0.3, -0.25) is 4.79 Å². The minimum Gasteiger partial charge on any atom is -0.307 e. The lowest BCUT2D eigenvalue weighted by atomic mass is 10.0. The molecule has 0 fully saturated rings. The Balaban J connectivity index is 1.98. The highest BCUT2D eigenvalue weighted by atomic mass is 79.9. The van der Waals surface area contributed by atoms with Crippen LogP contribution in [0.2, 0.25) is 0 Å². The first kappa shape index (κ1) is 12.4. The Hall–Kier alpha value is -1.68.